The quantitative estimate of drug-likeness (QED) is 0.606. The highest BCUT2D eigenvalue weighted by atomic mass is 32.1. The van der Waals surface area contributed by atoms with Crippen LogP contribution < -0.4 is 5.56 Å². The van der Waals surface area contributed by atoms with Crippen LogP contribution in [0.25, 0.3) is 27.3 Å². The lowest BCUT2D eigenvalue weighted by atomic mass is 10.1. The van der Waals surface area contributed by atoms with E-state index < -0.39 is 0 Å². The van der Waals surface area contributed by atoms with E-state index in [-0.39, 0.29) is 5.56 Å². The summed E-state index contributed by atoms with van der Waals surface area (Å²) in [5.41, 5.74) is 5.64. The van der Waals surface area contributed by atoms with Gasteiger partial charge in [0.25, 0.3) is 5.56 Å². The Morgan fingerprint density at radius 2 is 1.88 bits per heavy atom. The van der Waals surface area contributed by atoms with E-state index in [2.05, 4.69) is 41.3 Å². The average molecular weight is 336 g/mol. The van der Waals surface area contributed by atoms with Crippen molar-refractivity contribution in [2.75, 3.05) is 0 Å². The molecule has 0 aliphatic carbocycles. The predicted octanol–water partition coefficient (Wildman–Crippen LogP) is 3.76. The third-order valence-corrected chi connectivity index (χ3v) is 4.95. The highest BCUT2D eigenvalue weighted by Gasteiger charge is 2.14. The molecule has 1 aromatic carbocycles. The van der Waals surface area contributed by atoms with E-state index in [1.807, 2.05) is 25.3 Å². The maximum Gasteiger partial charge on any atom is 0.270 e. The number of benzene rings is 1. The molecule has 1 N–H and O–H groups in total. The summed E-state index contributed by atoms with van der Waals surface area (Å²) in [5.74, 6) is 0.449. The summed E-state index contributed by atoms with van der Waals surface area (Å²) in [6, 6.07) is 10.2. The van der Waals surface area contributed by atoms with Gasteiger partial charge in [-0.3, -0.25) is 9.78 Å². The molecule has 0 radical (unpaired) electrons. The molecule has 0 saturated heterocycles. The average Bonchev–Trinajstić information content (AvgIpc) is 3.11. The predicted molar refractivity (Wildman–Crippen MR) is 97.0 cm³/mol. The number of hydrogen-bond donors (Lipinski definition) is 1. The lowest BCUT2D eigenvalue weighted by molar-refractivity contribution is 0.776. The molecule has 0 atom stereocenters. The van der Waals surface area contributed by atoms with Crippen molar-refractivity contribution in [2.45, 2.75) is 20.8 Å². The first-order chi connectivity index (χ1) is 11.5. The highest BCUT2D eigenvalue weighted by Crippen LogP contribution is 2.31. The van der Waals surface area contributed by atoms with Crippen LogP contribution in [0.3, 0.4) is 0 Å². The van der Waals surface area contributed by atoms with Gasteiger partial charge in [0.05, 0.1) is 11.2 Å². The minimum Gasteiger partial charge on any atom is -0.290 e. The summed E-state index contributed by atoms with van der Waals surface area (Å²) in [6.07, 6.45) is 0. The summed E-state index contributed by atoms with van der Waals surface area (Å²) in [7, 11) is 0. The molecule has 0 unspecified atom stereocenters. The molecule has 0 bridgehead atoms. The summed E-state index contributed by atoms with van der Waals surface area (Å²) in [5, 5.41) is 6.40. The smallest absolute Gasteiger partial charge is 0.270 e. The highest BCUT2D eigenvalue weighted by molar-refractivity contribution is 7.17. The van der Waals surface area contributed by atoms with Gasteiger partial charge in [-0.2, -0.15) is 5.10 Å². The molecule has 0 saturated carbocycles. The monoisotopic (exact) mass is 336 g/mol. The van der Waals surface area contributed by atoms with Crippen LogP contribution in [-0.4, -0.2) is 19.7 Å². The van der Waals surface area contributed by atoms with Crippen LogP contribution in [0.15, 0.2) is 40.5 Å². The summed E-state index contributed by atoms with van der Waals surface area (Å²) in [4.78, 5) is 20.0. The van der Waals surface area contributed by atoms with Crippen LogP contribution in [0, 0.1) is 20.8 Å². The van der Waals surface area contributed by atoms with Crippen LogP contribution in [0.5, 0.6) is 0 Å². The number of H-pyrrole nitrogens is 1. The number of nitrogens with zero attached hydrogens (tertiary/aromatic N) is 3. The Balaban J connectivity index is 1.96. The molecule has 0 aliphatic heterocycles. The third kappa shape index (κ3) is 2.35. The molecule has 4 rings (SSSR count). The van der Waals surface area contributed by atoms with Gasteiger partial charge in [0.2, 0.25) is 5.95 Å². The zero-order valence-corrected chi connectivity index (χ0v) is 14.4. The van der Waals surface area contributed by atoms with Crippen LogP contribution in [0.2, 0.25) is 0 Å². The maximum absolute atomic E-state index is 12.5. The topological polar surface area (TPSA) is 63.6 Å². The Labute approximate surface area is 142 Å². The van der Waals surface area contributed by atoms with Gasteiger partial charge in [-0.25, -0.2) is 9.67 Å². The standard InChI is InChI=1S/C18H16N4OS/c1-10-4-6-13(7-5-10)14-9-24-16-15(14)19-18(20-17(16)23)22-12(3)8-11(2)21-22/h4-9H,1-3H3,(H,19,20,23). The van der Waals surface area contributed by atoms with Crippen molar-refractivity contribution in [2.24, 2.45) is 0 Å². The Morgan fingerprint density at radius 1 is 1.12 bits per heavy atom. The number of fused-ring (bicyclic) bond motifs is 1. The molecule has 6 heteroatoms. The van der Waals surface area contributed by atoms with E-state index in [4.69, 9.17) is 4.98 Å². The SMILES string of the molecule is Cc1ccc(-c2csc3c(=O)[nH]c(-n4nc(C)cc4C)nc23)cc1. The van der Waals surface area contributed by atoms with Crippen molar-refractivity contribution in [3.63, 3.8) is 0 Å². The number of nitrogens with one attached hydrogen (secondary N) is 1. The Bertz CT molecular complexity index is 1100. The van der Waals surface area contributed by atoms with Crippen molar-refractivity contribution in [1.82, 2.24) is 19.7 Å². The van der Waals surface area contributed by atoms with Crippen LogP contribution >= 0.6 is 11.3 Å². The van der Waals surface area contributed by atoms with Crippen molar-refractivity contribution in [3.8, 4) is 17.1 Å². The van der Waals surface area contributed by atoms with Gasteiger partial charge in [0.15, 0.2) is 0 Å². The van der Waals surface area contributed by atoms with Crippen molar-refractivity contribution in [1.29, 1.82) is 0 Å². The fraction of sp³-hybridized carbons (Fsp3) is 0.167. The van der Waals surface area contributed by atoms with Gasteiger partial charge in [0.1, 0.15) is 4.70 Å². The van der Waals surface area contributed by atoms with E-state index in [9.17, 15) is 4.79 Å². The molecule has 0 amide bonds. The van der Waals surface area contributed by atoms with Gasteiger partial charge in [-0.05, 0) is 32.4 Å². The molecule has 24 heavy (non-hydrogen) atoms. The van der Waals surface area contributed by atoms with Crippen molar-refractivity contribution < 1.29 is 0 Å². The summed E-state index contributed by atoms with van der Waals surface area (Å²) >= 11 is 1.42. The molecule has 5 nitrogen and oxygen atoms in total. The number of hydrogen-bond acceptors (Lipinski definition) is 4. The maximum atomic E-state index is 12.5. The van der Waals surface area contributed by atoms with E-state index in [1.54, 1.807) is 4.68 Å². The van der Waals surface area contributed by atoms with Gasteiger partial charge in [0, 0.05) is 16.6 Å². The zero-order chi connectivity index (χ0) is 16.8. The molecule has 3 heterocycles. The van der Waals surface area contributed by atoms with Crippen LogP contribution in [0.1, 0.15) is 17.0 Å². The second-order valence-corrected chi connectivity index (χ2v) is 6.80. The van der Waals surface area contributed by atoms with Crippen LogP contribution in [-0.2, 0) is 0 Å². The van der Waals surface area contributed by atoms with Gasteiger partial charge < -0.3 is 0 Å². The van der Waals surface area contributed by atoms with E-state index in [0.29, 0.717) is 10.6 Å². The minimum absolute atomic E-state index is 0.133. The molecular weight excluding hydrogens is 320 g/mol. The number of aromatic nitrogens is 4. The lowest BCUT2D eigenvalue weighted by Crippen LogP contribution is -2.14. The summed E-state index contributed by atoms with van der Waals surface area (Å²) < 4.78 is 2.31. The Kier molecular flexibility index (Phi) is 3.35. The van der Waals surface area contributed by atoms with Gasteiger partial charge in [-0.1, -0.05) is 29.8 Å². The molecule has 3 aromatic heterocycles. The van der Waals surface area contributed by atoms with E-state index in [0.717, 1.165) is 28.0 Å². The molecule has 0 fully saturated rings. The van der Waals surface area contributed by atoms with Gasteiger partial charge in [-0.15, -0.1) is 11.3 Å². The van der Waals surface area contributed by atoms with E-state index >= 15 is 0 Å². The first-order valence-electron chi connectivity index (χ1n) is 7.65. The normalized spacial score (nSPS) is 11.3. The zero-order valence-electron chi connectivity index (χ0n) is 13.6. The van der Waals surface area contributed by atoms with Crippen molar-refractivity contribution in [3.05, 3.63) is 63.0 Å². The second-order valence-electron chi connectivity index (χ2n) is 5.92. The van der Waals surface area contributed by atoms with Gasteiger partial charge >= 0.3 is 0 Å². The van der Waals surface area contributed by atoms with Crippen molar-refractivity contribution >= 4 is 21.6 Å². The molecular formula is C18H16N4OS. The number of aromatic amines is 1. The molecule has 0 spiro atoms. The minimum atomic E-state index is -0.133. The number of thiophene rings is 1. The third-order valence-electron chi connectivity index (χ3n) is 3.99. The number of aryl methyl sites for hydroxylation is 3. The molecule has 4 aromatic rings. The van der Waals surface area contributed by atoms with Crippen LogP contribution in [0.4, 0.5) is 0 Å². The number of rotatable bonds is 2. The summed E-state index contributed by atoms with van der Waals surface area (Å²) in [6.45, 7) is 5.92. The van der Waals surface area contributed by atoms with E-state index in [1.165, 1.54) is 16.9 Å². The first-order valence-corrected chi connectivity index (χ1v) is 8.53. The second kappa shape index (κ2) is 5.42. The fourth-order valence-corrected chi connectivity index (χ4v) is 3.71. The largest absolute Gasteiger partial charge is 0.290 e. The Hall–Kier alpha value is -2.73. The molecule has 0 aliphatic rings. The first kappa shape index (κ1) is 14.8. The fourth-order valence-electron chi connectivity index (χ4n) is 2.80. The lowest BCUT2D eigenvalue weighted by Gasteiger charge is -2.05. The Morgan fingerprint density at radius 3 is 2.54 bits per heavy atom. The molecule has 120 valence electrons.